The summed E-state index contributed by atoms with van der Waals surface area (Å²) in [4.78, 5) is 38.5. The predicted molar refractivity (Wildman–Crippen MR) is 154 cm³/mol. The van der Waals surface area contributed by atoms with Gasteiger partial charge in [0.05, 0.1) is 23.1 Å². The maximum atomic E-state index is 13.7. The minimum Gasteiger partial charge on any atom is -0.376 e. The number of benzene rings is 1. The highest BCUT2D eigenvalue weighted by Crippen LogP contribution is 2.34. The number of fused-ring (bicyclic) bond motifs is 1. The van der Waals surface area contributed by atoms with Crippen LogP contribution in [0.5, 0.6) is 0 Å². The number of anilines is 1. The SMILES string of the molecule is O=C1/C(=C\c2c(N3CCN(Cc4ccccc4)CC3)nc3ccccn3c2=O)SC(=S)N1CC1CCCO1. The van der Waals surface area contributed by atoms with Gasteiger partial charge in [-0.05, 0) is 36.6 Å². The van der Waals surface area contributed by atoms with E-state index in [4.69, 9.17) is 21.9 Å². The summed E-state index contributed by atoms with van der Waals surface area (Å²) >= 11 is 6.78. The van der Waals surface area contributed by atoms with Gasteiger partial charge in [0.25, 0.3) is 11.5 Å². The first-order valence-corrected chi connectivity index (χ1v) is 14.2. The van der Waals surface area contributed by atoms with Crippen LogP contribution in [0.4, 0.5) is 5.82 Å². The smallest absolute Gasteiger partial charge is 0.267 e. The molecule has 1 unspecified atom stereocenters. The van der Waals surface area contributed by atoms with E-state index in [0.717, 1.165) is 52.2 Å². The van der Waals surface area contributed by atoms with Gasteiger partial charge in [0.15, 0.2) is 0 Å². The number of carbonyl (C=O) groups excluding carboxylic acids is 1. The van der Waals surface area contributed by atoms with E-state index < -0.39 is 0 Å². The molecule has 5 heterocycles. The van der Waals surface area contributed by atoms with Crippen molar-refractivity contribution >= 4 is 51.7 Å². The number of pyridine rings is 1. The van der Waals surface area contributed by atoms with E-state index in [2.05, 4.69) is 34.1 Å². The topological polar surface area (TPSA) is 70.4 Å². The Morgan fingerprint density at radius 3 is 2.61 bits per heavy atom. The fraction of sp³-hybridized carbons (Fsp3) is 0.357. The minimum absolute atomic E-state index is 0.00699. The van der Waals surface area contributed by atoms with Crippen LogP contribution in [0.1, 0.15) is 24.0 Å². The first-order chi connectivity index (χ1) is 18.6. The molecule has 1 atom stereocenters. The lowest BCUT2D eigenvalue weighted by Crippen LogP contribution is -2.47. The van der Waals surface area contributed by atoms with Crippen molar-refractivity contribution in [2.24, 2.45) is 0 Å². The molecular weight excluding hydrogens is 518 g/mol. The van der Waals surface area contributed by atoms with Crippen molar-refractivity contribution in [3.63, 3.8) is 0 Å². The molecule has 3 aromatic rings. The third-order valence-corrected chi connectivity index (χ3v) is 8.61. The van der Waals surface area contributed by atoms with Gasteiger partial charge < -0.3 is 9.64 Å². The van der Waals surface area contributed by atoms with E-state index in [1.165, 1.54) is 21.7 Å². The first-order valence-electron chi connectivity index (χ1n) is 13.0. The number of amides is 1. The summed E-state index contributed by atoms with van der Waals surface area (Å²) in [5, 5.41) is 0. The molecule has 0 radical (unpaired) electrons. The van der Waals surface area contributed by atoms with Gasteiger partial charge in [-0.3, -0.25) is 23.8 Å². The van der Waals surface area contributed by atoms with E-state index in [0.29, 0.717) is 32.8 Å². The highest BCUT2D eigenvalue weighted by Gasteiger charge is 2.35. The first kappa shape index (κ1) is 25.2. The Hall–Kier alpha value is -3.05. The van der Waals surface area contributed by atoms with Gasteiger partial charge in [0.1, 0.15) is 15.8 Å². The van der Waals surface area contributed by atoms with Gasteiger partial charge in [-0.1, -0.05) is 60.4 Å². The van der Waals surface area contributed by atoms with E-state index in [9.17, 15) is 9.59 Å². The van der Waals surface area contributed by atoms with E-state index in [1.807, 2.05) is 24.3 Å². The summed E-state index contributed by atoms with van der Waals surface area (Å²) in [7, 11) is 0. The Balaban J connectivity index is 1.29. The molecule has 3 aliphatic heterocycles. The van der Waals surface area contributed by atoms with Crippen molar-refractivity contribution in [1.82, 2.24) is 19.2 Å². The normalized spacial score (nSPS) is 21.8. The number of thioether (sulfide) groups is 1. The van der Waals surface area contributed by atoms with Crippen LogP contribution in [0.3, 0.4) is 0 Å². The zero-order valence-electron chi connectivity index (χ0n) is 21.0. The van der Waals surface area contributed by atoms with Crippen LogP contribution in [0.15, 0.2) is 64.4 Å². The van der Waals surface area contributed by atoms with Crippen LogP contribution in [0.2, 0.25) is 0 Å². The second-order valence-corrected chi connectivity index (χ2v) is 11.4. The molecule has 0 bridgehead atoms. The standard InChI is InChI=1S/C28H29N5O3S2/c34-26-22(17-23-27(35)33(28(37)38-23)19-21-9-6-16-36-21)25(29-24-10-4-5-11-32(24)26)31-14-12-30(13-15-31)18-20-7-2-1-3-8-20/h1-5,7-8,10-11,17,21H,6,9,12-16,18-19H2/b23-17+. The molecule has 0 saturated carbocycles. The monoisotopic (exact) mass is 547 g/mol. The van der Waals surface area contributed by atoms with Crippen LogP contribution in [0, 0.1) is 0 Å². The summed E-state index contributed by atoms with van der Waals surface area (Å²) in [6.45, 7) is 5.25. The Labute approximate surface area is 230 Å². The molecular formula is C28H29N5O3S2. The van der Waals surface area contributed by atoms with E-state index in [1.54, 1.807) is 17.2 Å². The molecule has 1 aromatic carbocycles. The summed E-state index contributed by atoms with van der Waals surface area (Å²) in [5.74, 6) is 0.441. The minimum atomic E-state index is -0.193. The molecule has 196 valence electrons. The van der Waals surface area contributed by atoms with Crippen molar-refractivity contribution in [3.8, 4) is 0 Å². The van der Waals surface area contributed by atoms with E-state index >= 15 is 0 Å². The van der Waals surface area contributed by atoms with Gasteiger partial charge >= 0.3 is 0 Å². The van der Waals surface area contributed by atoms with Gasteiger partial charge in [0.2, 0.25) is 0 Å². The largest absolute Gasteiger partial charge is 0.376 e. The molecule has 1 amide bonds. The number of nitrogens with zero attached hydrogens (tertiary/aromatic N) is 5. The molecule has 0 spiro atoms. The van der Waals surface area contributed by atoms with Crippen LogP contribution in [0.25, 0.3) is 11.7 Å². The Bertz CT molecular complexity index is 1440. The lowest BCUT2D eigenvalue weighted by Gasteiger charge is -2.36. The van der Waals surface area contributed by atoms with Crippen LogP contribution in [-0.2, 0) is 16.1 Å². The van der Waals surface area contributed by atoms with Crippen molar-refractivity contribution in [2.45, 2.75) is 25.5 Å². The molecule has 38 heavy (non-hydrogen) atoms. The number of rotatable bonds is 6. The van der Waals surface area contributed by atoms with Crippen molar-refractivity contribution in [2.75, 3.05) is 44.2 Å². The average Bonchev–Trinajstić information content (AvgIpc) is 3.55. The molecule has 2 aromatic heterocycles. The average molecular weight is 548 g/mol. The number of ether oxygens (including phenoxy) is 1. The zero-order chi connectivity index (χ0) is 26.1. The second-order valence-electron chi connectivity index (χ2n) is 9.76. The summed E-state index contributed by atoms with van der Waals surface area (Å²) < 4.78 is 7.76. The number of piperazine rings is 1. The molecule has 6 rings (SSSR count). The van der Waals surface area contributed by atoms with Crippen molar-refractivity contribution in [3.05, 3.63) is 81.1 Å². The summed E-state index contributed by atoms with van der Waals surface area (Å²) in [6.07, 6.45) is 5.33. The molecule has 10 heteroatoms. The maximum absolute atomic E-state index is 13.7. The number of hydrogen-bond donors (Lipinski definition) is 0. The van der Waals surface area contributed by atoms with Crippen molar-refractivity contribution in [1.29, 1.82) is 0 Å². The summed E-state index contributed by atoms with van der Waals surface area (Å²) in [5.41, 5.74) is 2.10. The molecule has 0 aliphatic carbocycles. The Kier molecular flexibility index (Phi) is 7.29. The highest BCUT2D eigenvalue weighted by atomic mass is 32.2. The van der Waals surface area contributed by atoms with E-state index in [-0.39, 0.29) is 17.6 Å². The fourth-order valence-corrected chi connectivity index (χ4v) is 6.46. The van der Waals surface area contributed by atoms with Crippen LogP contribution in [-0.4, -0.2) is 74.8 Å². The maximum Gasteiger partial charge on any atom is 0.267 e. The van der Waals surface area contributed by atoms with Crippen LogP contribution >= 0.6 is 24.0 Å². The van der Waals surface area contributed by atoms with Crippen molar-refractivity contribution < 1.29 is 9.53 Å². The van der Waals surface area contributed by atoms with Gasteiger partial charge in [-0.2, -0.15) is 0 Å². The lowest BCUT2D eigenvalue weighted by molar-refractivity contribution is -0.123. The highest BCUT2D eigenvalue weighted by molar-refractivity contribution is 8.26. The third-order valence-electron chi connectivity index (χ3n) is 7.23. The lowest BCUT2D eigenvalue weighted by atomic mass is 10.2. The number of hydrogen-bond acceptors (Lipinski definition) is 8. The number of thiocarbonyl (C=S) groups is 1. The summed E-state index contributed by atoms with van der Waals surface area (Å²) in [6, 6.07) is 16.0. The molecule has 3 fully saturated rings. The van der Waals surface area contributed by atoms with Gasteiger partial charge in [0, 0.05) is 45.5 Å². The zero-order valence-corrected chi connectivity index (χ0v) is 22.6. The molecule has 0 N–H and O–H groups in total. The van der Waals surface area contributed by atoms with Gasteiger partial charge in [-0.15, -0.1) is 0 Å². The molecule has 8 nitrogen and oxygen atoms in total. The number of carbonyl (C=O) groups is 1. The third kappa shape index (κ3) is 5.13. The quantitative estimate of drug-likeness (QED) is 0.344. The molecule has 3 saturated heterocycles. The Morgan fingerprint density at radius 2 is 1.84 bits per heavy atom. The fourth-order valence-electron chi connectivity index (χ4n) is 5.20. The van der Waals surface area contributed by atoms with Crippen LogP contribution < -0.4 is 10.5 Å². The molecule has 3 aliphatic rings. The van der Waals surface area contributed by atoms with Gasteiger partial charge in [-0.25, -0.2) is 4.98 Å². The number of aromatic nitrogens is 2. The Morgan fingerprint density at radius 1 is 1.05 bits per heavy atom. The second kappa shape index (κ2) is 11.0. The predicted octanol–water partition coefficient (Wildman–Crippen LogP) is 3.40.